The Kier molecular flexibility index (Phi) is 4.21. The molecule has 2 aliphatic heterocycles. The molecular weight excluding hydrogens is 362 g/mol. The summed E-state index contributed by atoms with van der Waals surface area (Å²) >= 11 is 3.50. The predicted octanol–water partition coefficient (Wildman–Crippen LogP) is 4.58. The molecule has 3 aromatic rings. The second kappa shape index (κ2) is 6.70. The molecule has 2 N–H and O–H groups in total. The second-order valence-corrected chi connectivity index (χ2v) is 8.76. The quantitative estimate of drug-likeness (QED) is 0.544. The molecule has 0 unspecified atom stereocenters. The van der Waals surface area contributed by atoms with Gasteiger partial charge in [-0.25, -0.2) is 4.98 Å². The van der Waals surface area contributed by atoms with E-state index in [4.69, 9.17) is 4.98 Å². The smallest absolute Gasteiger partial charge is 0.107 e. The van der Waals surface area contributed by atoms with Crippen LogP contribution < -0.4 is 5.32 Å². The fraction of sp³-hybridized carbons (Fsp3) is 0.250. The van der Waals surface area contributed by atoms with Crippen molar-refractivity contribution in [1.82, 2.24) is 9.88 Å². The number of β-amino-alcohol motifs (C(OH)–C–C–N with tert-alkyl or cyclic N) is 1. The summed E-state index contributed by atoms with van der Waals surface area (Å²) in [6.45, 7) is 2.54. The first-order valence-electron chi connectivity index (χ1n) is 8.78. The van der Waals surface area contributed by atoms with Gasteiger partial charge in [-0.15, -0.1) is 11.3 Å². The van der Waals surface area contributed by atoms with Crippen molar-refractivity contribution in [3.05, 3.63) is 52.9 Å². The van der Waals surface area contributed by atoms with E-state index in [-0.39, 0.29) is 6.10 Å². The molecule has 0 saturated carbocycles. The summed E-state index contributed by atoms with van der Waals surface area (Å²) in [6, 6.07) is 14.9. The van der Waals surface area contributed by atoms with Crippen LogP contribution in [0.15, 0.2) is 57.6 Å². The van der Waals surface area contributed by atoms with Gasteiger partial charge in [0.25, 0.3) is 0 Å². The van der Waals surface area contributed by atoms with Crippen LogP contribution in [0.4, 0.5) is 11.4 Å². The zero-order chi connectivity index (χ0) is 17.5. The first-order chi connectivity index (χ1) is 12.7. The zero-order valence-corrected chi connectivity index (χ0v) is 15.8. The van der Waals surface area contributed by atoms with E-state index in [1.807, 2.05) is 0 Å². The van der Waals surface area contributed by atoms with Crippen LogP contribution in [-0.2, 0) is 6.54 Å². The molecule has 1 saturated heterocycles. The summed E-state index contributed by atoms with van der Waals surface area (Å²) in [5.74, 6) is 0. The molecular formula is C20H19N3OS2. The minimum absolute atomic E-state index is 0.179. The van der Waals surface area contributed by atoms with Crippen LogP contribution >= 0.6 is 23.1 Å². The van der Waals surface area contributed by atoms with Crippen molar-refractivity contribution in [1.29, 1.82) is 0 Å². The average Bonchev–Trinajstić information content (AvgIpc) is 3.29. The molecule has 4 nitrogen and oxygen atoms in total. The molecule has 5 rings (SSSR count). The van der Waals surface area contributed by atoms with Crippen LogP contribution in [0.2, 0.25) is 0 Å². The number of thiazole rings is 1. The molecule has 2 aliphatic rings. The van der Waals surface area contributed by atoms with E-state index in [0.717, 1.165) is 53.7 Å². The van der Waals surface area contributed by atoms with Crippen molar-refractivity contribution in [3.63, 3.8) is 0 Å². The van der Waals surface area contributed by atoms with Crippen LogP contribution in [0.1, 0.15) is 11.4 Å². The van der Waals surface area contributed by atoms with E-state index in [0.29, 0.717) is 0 Å². The van der Waals surface area contributed by atoms with Crippen molar-refractivity contribution in [2.75, 3.05) is 18.4 Å². The number of hydrogen-bond acceptors (Lipinski definition) is 6. The Hall–Kier alpha value is -1.86. The summed E-state index contributed by atoms with van der Waals surface area (Å²) in [4.78, 5) is 9.60. The molecule has 1 fully saturated rings. The Balaban J connectivity index is 1.37. The lowest BCUT2D eigenvalue weighted by Crippen LogP contribution is -2.21. The average molecular weight is 382 g/mol. The molecule has 0 aliphatic carbocycles. The van der Waals surface area contributed by atoms with Gasteiger partial charge >= 0.3 is 0 Å². The number of benzene rings is 2. The molecule has 0 bridgehead atoms. The maximum Gasteiger partial charge on any atom is 0.107 e. The standard InChI is InChI=1S/C20H19N3OS2/c24-14-7-8-23(10-14)11-20-22-17(12-25-20)13-5-6-19-16(9-13)21-15-3-1-2-4-18(15)26-19/h1-6,9,12,14,21,24H,7-8,10-11H2/t14-/m1/s1. The maximum atomic E-state index is 9.68. The lowest BCUT2D eigenvalue weighted by molar-refractivity contribution is 0.175. The van der Waals surface area contributed by atoms with E-state index in [1.165, 1.54) is 9.79 Å². The highest BCUT2D eigenvalue weighted by Gasteiger charge is 2.21. The third-order valence-corrected chi connectivity index (χ3v) is 6.80. The summed E-state index contributed by atoms with van der Waals surface area (Å²) in [7, 11) is 0. The fourth-order valence-corrected chi connectivity index (χ4v) is 5.27. The van der Waals surface area contributed by atoms with Gasteiger partial charge in [0, 0.05) is 33.8 Å². The Labute approximate surface area is 160 Å². The Bertz CT molecular complexity index is 956. The minimum Gasteiger partial charge on any atom is -0.392 e. The number of nitrogens with zero attached hydrogens (tertiary/aromatic N) is 2. The molecule has 0 amide bonds. The normalized spacial score (nSPS) is 19.0. The Morgan fingerprint density at radius 3 is 2.92 bits per heavy atom. The van der Waals surface area contributed by atoms with E-state index in [2.05, 4.69) is 58.1 Å². The van der Waals surface area contributed by atoms with Gasteiger partial charge in [-0.1, -0.05) is 30.0 Å². The molecule has 26 heavy (non-hydrogen) atoms. The first kappa shape index (κ1) is 16.3. The fourth-order valence-electron chi connectivity index (χ4n) is 3.46. The number of aliphatic hydroxyl groups is 1. The van der Waals surface area contributed by atoms with Crippen LogP contribution in [0.5, 0.6) is 0 Å². The molecule has 2 aromatic carbocycles. The summed E-state index contributed by atoms with van der Waals surface area (Å²) in [5.41, 5.74) is 4.47. The number of fused-ring (bicyclic) bond motifs is 2. The molecule has 1 aromatic heterocycles. The van der Waals surface area contributed by atoms with Gasteiger partial charge in [-0.2, -0.15) is 0 Å². The van der Waals surface area contributed by atoms with Gasteiger partial charge < -0.3 is 10.4 Å². The SMILES string of the molecule is O[C@@H]1CCN(Cc2nc(-c3ccc4c(c3)Nc3ccccc3S4)cs2)C1. The maximum absolute atomic E-state index is 9.68. The number of hydrogen-bond donors (Lipinski definition) is 2. The van der Waals surface area contributed by atoms with Gasteiger partial charge in [0.15, 0.2) is 0 Å². The van der Waals surface area contributed by atoms with Gasteiger partial charge in [0.1, 0.15) is 5.01 Å². The summed E-state index contributed by atoms with van der Waals surface area (Å²) in [6.07, 6.45) is 0.690. The van der Waals surface area contributed by atoms with Crippen molar-refractivity contribution >= 4 is 34.5 Å². The van der Waals surface area contributed by atoms with Crippen molar-refractivity contribution in [3.8, 4) is 11.3 Å². The van der Waals surface area contributed by atoms with Crippen LogP contribution in [0, 0.1) is 0 Å². The topological polar surface area (TPSA) is 48.4 Å². The van der Waals surface area contributed by atoms with Crippen molar-refractivity contribution in [2.45, 2.75) is 28.9 Å². The highest BCUT2D eigenvalue weighted by atomic mass is 32.2. The Morgan fingerprint density at radius 2 is 2.04 bits per heavy atom. The molecule has 132 valence electrons. The third kappa shape index (κ3) is 3.14. The zero-order valence-electron chi connectivity index (χ0n) is 14.2. The molecule has 0 spiro atoms. The van der Waals surface area contributed by atoms with Crippen molar-refractivity contribution < 1.29 is 5.11 Å². The largest absolute Gasteiger partial charge is 0.392 e. The number of aromatic nitrogens is 1. The summed E-state index contributed by atoms with van der Waals surface area (Å²) in [5, 5.41) is 16.5. The van der Waals surface area contributed by atoms with Crippen LogP contribution in [-0.4, -0.2) is 34.2 Å². The predicted molar refractivity (Wildman–Crippen MR) is 107 cm³/mol. The van der Waals surface area contributed by atoms with Crippen LogP contribution in [0.3, 0.4) is 0 Å². The number of aliphatic hydroxyl groups excluding tert-OH is 1. The van der Waals surface area contributed by atoms with E-state index < -0.39 is 0 Å². The molecule has 1 atom stereocenters. The number of rotatable bonds is 3. The highest BCUT2D eigenvalue weighted by Crippen LogP contribution is 2.45. The lowest BCUT2D eigenvalue weighted by Gasteiger charge is -2.21. The monoisotopic (exact) mass is 381 g/mol. The Morgan fingerprint density at radius 1 is 1.15 bits per heavy atom. The van der Waals surface area contributed by atoms with Gasteiger partial charge in [0.2, 0.25) is 0 Å². The van der Waals surface area contributed by atoms with Crippen molar-refractivity contribution in [2.24, 2.45) is 0 Å². The van der Waals surface area contributed by atoms with E-state index >= 15 is 0 Å². The number of anilines is 2. The second-order valence-electron chi connectivity index (χ2n) is 6.74. The summed E-state index contributed by atoms with van der Waals surface area (Å²) < 4.78 is 0. The van der Waals surface area contributed by atoms with Gasteiger partial charge in [-0.3, -0.25) is 4.90 Å². The van der Waals surface area contributed by atoms with E-state index in [1.54, 1.807) is 23.1 Å². The van der Waals surface area contributed by atoms with Gasteiger partial charge in [-0.05, 0) is 30.7 Å². The number of likely N-dealkylation sites (tertiary alicyclic amines) is 1. The number of para-hydroxylation sites is 1. The molecule has 6 heteroatoms. The van der Waals surface area contributed by atoms with Crippen LogP contribution in [0.25, 0.3) is 11.3 Å². The molecule has 3 heterocycles. The molecule has 0 radical (unpaired) electrons. The van der Waals surface area contributed by atoms with E-state index in [9.17, 15) is 5.11 Å². The van der Waals surface area contributed by atoms with Gasteiger partial charge in [0.05, 0.1) is 29.7 Å². The first-order valence-corrected chi connectivity index (χ1v) is 10.5. The lowest BCUT2D eigenvalue weighted by atomic mass is 10.1. The highest BCUT2D eigenvalue weighted by molar-refractivity contribution is 7.99. The third-order valence-electron chi connectivity index (χ3n) is 4.81. The minimum atomic E-state index is -0.179. The number of nitrogens with one attached hydrogen (secondary N) is 1.